The highest BCUT2D eigenvalue weighted by atomic mass is 19.3. The molecular formula is C21H34F2N4O2. The van der Waals surface area contributed by atoms with Crippen LogP contribution in [-0.2, 0) is 6.54 Å². The maximum Gasteiger partial charge on any atom is 0.387 e. The fourth-order valence-electron chi connectivity index (χ4n) is 3.51. The average molecular weight is 413 g/mol. The first kappa shape index (κ1) is 23.2. The van der Waals surface area contributed by atoms with Gasteiger partial charge in [-0.1, -0.05) is 25.5 Å². The summed E-state index contributed by atoms with van der Waals surface area (Å²) in [6.45, 7) is 5.98. The van der Waals surface area contributed by atoms with Gasteiger partial charge in [0.05, 0.1) is 6.61 Å². The van der Waals surface area contributed by atoms with Crippen LogP contribution in [0.4, 0.5) is 8.78 Å². The molecule has 1 aromatic rings. The highest BCUT2D eigenvalue weighted by molar-refractivity contribution is 5.79. The second kappa shape index (κ2) is 12.5. The maximum atomic E-state index is 12.8. The van der Waals surface area contributed by atoms with E-state index in [-0.39, 0.29) is 5.75 Å². The molecule has 0 aromatic heterocycles. The minimum absolute atomic E-state index is 0.0609. The van der Waals surface area contributed by atoms with Crippen molar-refractivity contribution >= 4 is 5.96 Å². The van der Waals surface area contributed by atoms with Crippen molar-refractivity contribution in [2.24, 2.45) is 10.9 Å². The molecule has 0 saturated carbocycles. The van der Waals surface area contributed by atoms with Crippen molar-refractivity contribution in [3.63, 3.8) is 0 Å². The van der Waals surface area contributed by atoms with Gasteiger partial charge in [-0.2, -0.15) is 8.78 Å². The minimum Gasteiger partial charge on any atom is -0.490 e. The van der Waals surface area contributed by atoms with Gasteiger partial charge in [0.2, 0.25) is 0 Å². The standard InChI is InChI=1S/C21H34F2N4O2/c1-4-28-18-10-8-9-17(19(18)29-20(22)23)14-26-21(24-3)25-13-16(2)15-27-11-6-5-7-12-27/h8-10,16,20H,4-7,11-15H2,1-3H3,(H2,24,25,26). The third kappa shape index (κ3) is 8.04. The van der Waals surface area contributed by atoms with Gasteiger partial charge in [-0.3, -0.25) is 4.99 Å². The van der Waals surface area contributed by atoms with E-state index in [1.54, 1.807) is 32.2 Å². The molecule has 1 aliphatic heterocycles. The Morgan fingerprint density at radius 1 is 1.21 bits per heavy atom. The summed E-state index contributed by atoms with van der Waals surface area (Å²) in [4.78, 5) is 6.74. The van der Waals surface area contributed by atoms with Crippen LogP contribution in [0.1, 0.15) is 38.7 Å². The zero-order chi connectivity index (χ0) is 21.1. The molecule has 1 fully saturated rings. The van der Waals surface area contributed by atoms with Crippen LogP contribution in [0.15, 0.2) is 23.2 Å². The van der Waals surface area contributed by atoms with Crippen LogP contribution in [0.5, 0.6) is 11.5 Å². The number of rotatable bonds is 10. The molecular weight excluding hydrogens is 378 g/mol. The molecule has 1 unspecified atom stereocenters. The van der Waals surface area contributed by atoms with Crippen LogP contribution in [0.2, 0.25) is 0 Å². The molecule has 0 radical (unpaired) electrons. The number of hydrogen-bond acceptors (Lipinski definition) is 4. The second-order valence-corrected chi connectivity index (χ2v) is 7.33. The van der Waals surface area contributed by atoms with Gasteiger partial charge in [-0.05, 0) is 44.8 Å². The summed E-state index contributed by atoms with van der Waals surface area (Å²) in [6.07, 6.45) is 3.90. The van der Waals surface area contributed by atoms with Gasteiger partial charge in [0, 0.05) is 32.2 Å². The zero-order valence-electron chi connectivity index (χ0n) is 17.7. The number of halogens is 2. The van der Waals surface area contributed by atoms with Gasteiger partial charge in [0.25, 0.3) is 0 Å². The Morgan fingerprint density at radius 2 is 1.97 bits per heavy atom. The van der Waals surface area contributed by atoms with Gasteiger partial charge in [0.15, 0.2) is 17.5 Å². The summed E-state index contributed by atoms with van der Waals surface area (Å²) in [5.74, 6) is 1.47. The maximum absolute atomic E-state index is 12.8. The summed E-state index contributed by atoms with van der Waals surface area (Å²) >= 11 is 0. The molecule has 164 valence electrons. The summed E-state index contributed by atoms with van der Waals surface area (Å²) in [5.41, 5.74) is 0.584. The van der Waals surface area contributed by atoms with Gasteiger partial charge in [0.1, 0.15) is 0 Å². The van der Waals surface area contributed by atoms with Crippen molar-refractivity contribution in [3.05, 3.63) is 23.8 Å². The number of piperidine rings is 1. The van der Waals surface area contributed by atoms with Crippen molar-refractivity contribution in [2.45, 2.75) is 46.3 Å². The van der Waals surface area contributed by atoms with Crippen molar-refractivity contribution in [1.29, 1.82) is 0 Å². The van der Waals surface area contributed by atoms with Crippen LogP contribution in [0, 0.1) is 5.92 Å². The third-order valence-corrected chi connectivity index (χ3v) is 4.87. The Hall–Kier alpha value is -2.09. The first-order valence-corrected chi connectivity index (χ1v) is 10.4. The Bertz CT molecular complexity index is 637. The summed E-state index contributed by atoms with van der Waals surface area (Å²) in [7, 11) is 1.69. The Kier molecular flexibility index (Phi) is 9.97. The molecule has 1 aromatic carbocycles. The number of likely N-dealkylation sites (tertiary alicyclic amines) is 1. The SMILES string of the molecule is CCOc1cccc(CNC(=NC)NCC(C)CN2CCCCC2)c1OC(F)F. The molecule has 1 saturated heterocycles. The van der Waals surface area contributed by atoms with Crippen LogP contribution in [-0.4, -0.2) is 57.3 Å². The van der Waals surface area contributed by atoms with Crippen LogP contribution in [0.3, 0.4) is 0 Å². The number of nitrogens with one attached hydrogen (secondary N) is 2. The third-order valence-electron chi connectivity index (χ3n) is 4.87. The Morgan fingerprint density at radius 3 is 2.62 bits per heavy atom. The summed E-state index contributed by atoms with van der Waals surface area (Å²) in [5, 5.41) is 6.49. The predicted molar refractivity (Wildman–Crippen MR) is 112 cm³/mol. The molecule has 2 rings (SSSR count). The molecule has 1 aliphatic rings. The Balaban J connectivity index is 1.88. The summed E-state index contributed by atoms with van der Waals surface area (Å²) in [6, 6.07) is 5.12. The number of benzene rings is 1. The van der Waals surface area contributed by atoms with E-state index in [0.717, 1.165) is 13.1 Å². The normalized spacial score (nSPS) is 16.6. The number of guanidine groups is 1. The fraction of sp³-hybridized carbons (Fsp3) is 0.667. The molecule has 1 heterocycles. The molecule has 2 N–H and O–H groups in total. The highest BCUT2D eigenvalue weighted by Crippen LogP contribution is 2.32. The number of aliphatic imine (C=N–C) groups is 1. The largest absolute Gasteiger partial charge is 0.490 e. The lowest BCUT2D eigenvalue weighted by atomic mass is 10.1. The molecule has 8 heteroatoms. The van der Waals surface area contributed by atoms with Crippen LogP contribution in [0.25, 0.3) is 0 Å². The van der Waals surface area contributed by atoms with Crippen LogP contribution >= 0.6 is 0 Å². The van der Waals surface area contributed by atoms with Gasteiger partial charge in [-0.15, -0.1) is 0 Å². The van der Waals surface area contributed by atoms with Gasteiger partial charge >= 0.3 is 6.61 Å². The highest BCUT2D eigenvalue weighted by Gasteiger charge is 2.17. The van der Waals surface area contributed by atoms with E-state index < -0.39 is 6.61 Å². The van der Waals surface area contributed by atoms with Crippen molar-refractivity contribution < 1.29 is 18.3 Å². The summed E-state index contributed by atoms with van der Waals surface area (Å²) < 4.78 is 35.8. The molecule has 1 atom stereocenters. The van der Waals surface area contributed by atoms with E-state index >= 15 is 0 Å². The van der Waals surface area contributed by atoms with Crippen molar-refractivity contribution in [3.8, 4) is 11.5 Å². The fourth-order valence-corrected chi connectivity index (χ4v) is 3.51. The predicted octanol–water partition coefficient (Wildman–Crippen LogP) is 3.47. The van der Waals surface area contributed by atoms with E-state index in [1.165, 1.54) is 32.4 Å². The lowest BCUT2D eigenvalue weighted by Crippen LogP contribution is -2.42. The van der Waals surface area contributed by atoms with Crippen molar-refractivity contribution in [2.75, 3.05) is 39.8 Å². The lowest BCUT2D eigenvalue weighted by molar-refractivity contribution is -0.0520. The lowest BCUT2D eigenvalue weighted by Gasteiger charge is -2.29. The molecule has 0 spiro atoms. The topological polar surface area (TPSA) is 58.1 Å². The Labute approximate surface area is 172 Å². The first-order valence-electron chi connectivity index (χ1n) is 10.4. The van der Waals surface area contributed by atoms with E-state index in [2.05, 4.69) is 27.4 Å². The van der Waals surface area contributed by atoms with Gasteiger partial charge < -0.3 is 25.0 Å². The van der Waals surface area contributed by atoms with Gasteiger partial charge in [-0.25, -0.2) is 0 Å². The number of alkyl halides is 2. The monoisotopic (exact) mass is 412 g/mol. The second-order valence-electron chi connectivity index (χ2n) is 7.33. The van der Waals surface area contributed by atoms with E-state index in [1.807, 2.05) is 0 Å². The molecule has 0 aliphatic carbocycles. The van der Waals surface area contributed by atoms with Crippen LogP contribution < -0.4 is 20.1 Å². The minimum atomic E-state index is -2.91. The number of ether oxygens (including phenoxy) is 2. The molecule has 0 bridgehead atoms. The average Bonchev–Trinajstić information content (AvgIpc) is 2.70. The van der Waals surface area contributed by atoms with E-state index in [9.17, 15) is 8.78 Å². The molecule has 6 nitrogen and oxygen atoms in total. The number of nitrogens with zero attached hydrogens (tertiary/aromatic N) is 2. The molecule has 0 amide bonds. The smallest absolute Gasteiger partial charge is 0.387 e. The van der Waals surface area contributed by atoms with E-state index in [4.69, 9.17) is 9.47 Å². The zero-order valence-corrected chi connectivity index (χ0v) is 17.7. The van der Waals surface area contributed by atoms with Crippen molar-refractivity contribution in [1.82, 2.24) is 15.5 Å². The molecule has 29 heavy (non-hydrogen) atoms. The number of hydrogen-bond donors (Lipinski definition) is 2. The first-order chi connectivity index (χ1) is 14.0. The number of para-hydroxylation sites is 1. The quantitative estimate of drug-likeness (QED) is 0.455. The van der Waals surface area contributed by atoms with E-state index in [0.29, 0.717) is 36.3 Å².